The molecular formula is C12H30NOP. The van der Waals surface area contributed by atoms with Gasteiger partial charge in [-0.1, -0.05) is 20.8 Å². The van der Waals surface area contributed by atoms with Gasteiger partial charge in [-0.15, -0.1) is 9.24 Å². The van der Waals surface area contributed by atoms with Gasteiger partial charge < -0.3 is 10.1 Å². The molecule has 0 aromatic carbocycles. The Kier molecular flexibility index (Phi) is 19.8. The largest absolute Gasteiger partial charge is 0.378 e. The van der Waals surface area contributed by atoms with E-state index in [1.165, 1.54) is 31.8 Å². The van der Waals surface area contributed by atoms with Gasteiger partial charge in [-0.2, -0.15) is 0 Å². The summed E-state index contributed by atoms with van der Waals surface area (Å²) in [4.78, 5) is 0. The monoisotopic (exact) mass is 235 g/mol. The Bertz CT molecular complexity index is 95.6. The Morgan fingerprint density at radius 3 is 2.13 bits per heavy atom. The Labute approximate surface area is 98.8 Å². The van der Waals surface area contributed by atoms with Crippen LogP contribution in [0.1, 0.15) is 46.5 Å². The van der Waals surface area contributed by atoms with Crippen molar-refractivity contribution < 1.29 is 4.74 Å². The summed E-state index contributed by atoms with van der Waals surface area (Å²) in [6.45, 7) is 8.11. The summed E-state index contributed by atoms with van der Waals surface area (Å²) in [5.41, 5.74) is 0. The summed E-state index contributed by atoms with van der Waals surface area (Å²) in [7, 11) is 4.65. The molecule has 1 rings (SSSR count). The van der Waals surface area contributed by atoms with E-state index in [1.54, 1.807) is 0 Å². The molecule has 0 aliphatic heterocycles. The molecule has 1 aliphatic carbocycles. The van der Waals surface area contributed by atoms with Crippen LogP contribution in [0, 0.1) is 0 Å². The Hall–Kier alpha value is 0.350. The summed E-state index contributed by atoms with van der Waals surface area (Å²) in [5, 5.41) is 2.93. The quantitative estimate of drug-likeness (QED) is 0.584. The molecule has 1 atom stereocenters. The summed E-state index contributed by atoms with van der Waals surface area (Å²) in [6, 6.07) is 0. The average molecular weight is 235 g/mol. The molecule has 0 heterocycles. The van der Waals surface area contributed by atoms with Crippen molar-refractivity contribution in [3.8, 4) is 0 Å². The summed E-state index contributed by atoms with van der Waals surface area (Å²) >= 11 is 0. The number of nitrogens with one attached hydrogen (secondary N) is 1. The fourth-order valence-electron chi connectivity index (χ4n) is 0.871. The molecule has 0 spiro atoms. The van der Waals surface area contributed by atoms with Crippen molar-refractivity contribution >= 4 is 9.24 Å². The van der Waals surface area contributed by atoms with Crippen LogP contribution in [-0.2, 0) is 4.74 Å². The lowest BCUT2D eigenvalue weighted by atomic mass is 9.96. The average Bonchev–Trinajstić information content (AvgIpc) is 2.25. The van der Waals surface area contributed by atoms with Gasteiger partial charge in [0.15, 0.2) is 0 Å². The molecule has 1 aliphatic rings. The second-order valence-corrected chi connectivity index (χ2v) is 3.85. The third kappa shape index (κ3) is 14.4. The van der Waals surface area contributed by atoms with Gasteiger partial charge in [0, 0.05) is 6.61 Å². The Morgan fingerprint density at radius 1 is 1.33 bits per heavy atom. The second kappa shape index (κ2) is 16.8. The van der Waals surface area contributed by atoms with Crippen LogP contribution in [-0.4, -0.2) is 32.5 Å². The topological polar surface area (TPSA) is 21.3 Å². The molecule has 1 N–H and O–H groups in total. The Morgan fingerprint density at radius 2 is 1.87 bits per heavy atom. The van der Waals surface area contributed by atoms with E-state index >= 15 is 0 Å². The minimum atomic E-state index is 0.626. The molecule has 0 radical (unpaired) electrons. The normalized spacial score (nSPS) is 14.2. The highest BCUT2D eigenvalue weighted by atomic mass is 31.0. The van der Waals surface area contributed by atoms with Gasteiger partial charge in [0.25, 0.3) is 0 Å². The molecule has 1 saturated carbocycles. The van der Waals surface area contributed by atoms with Gasteiger partial charge in [0.1, 0.15) is 0 Å². The number of hydrogen-bond donors (Lipinski definition) is 1. The minimum Gasteiger partial charge on any atom is -0.378 e. The molecule has 0 bridgehead atoms. The summed E-state index contributed by atoms with van der Waals surface area (Å²) < 4.78 is 5.51. The van der Waals surface area contributed by atoms with Crippen molar-refractivity contribution in [1.82, 2.24) is 5.32 Å². The van der Waals surface area contributed by atoms with Gasteiger partial charge >= 0.3 is 0 Å². The third-order valence-electron chi connectivity index (χ3n) is 2.11. The second-order valence-electron chi connectivity index (χ2n) is 3.27. The van der Waals surface area contributed by atoms with Crippen molar-refractivity contribution in [2.75, 3.05) is 26.4 Å². The molecule has 3 heteroatoms. The van der Waals surface area contributed by atoms with Gasteiger partial charge in [-0.05, 0) is 45.4 Å². The van der Waals surface area contributed by atoms with Crippen molar-refractivity contribution in [3.05, 3.63) is 0 Å². The lowest BCUT2D eigenvalue weighted by Gasteiger charge is -2.25. The van der Waals surface area contributed by atoms with Gasteiger partial charge in [-0.25, -0.2) is 0 Å². The molecule has 0 aromatic heterocycles. The highest BCUT2D eigenvalue weighted by Crippen LogP contribution is 2.21. The zero-order valence-electron chi connectivity index (χ0n) is 11.0. The van der Waals surface area contributed by atoms with Gasteiger partial charge in [-0.3, -0.25) is 0 Å². The predicted octanol–water partition coefficient (Wildman–Crippen LogP) is 3.07. The standard InChI is InChI=1S/C7H15OP.C3H9N.C2H6/c9-6-2-5-8-7-3-1-4-7;1-3-4-2;1-2/h7H,1-6,9H2;4H,3H2,1-2H3;1-2H3. The van der Waals surface area contributed by atoms with E-state index in [9.17, 15) is 0 Å². The maximum Gasteiger partial charge on any atom is 0.0575 e. The van der Waals surface area contributed by atoms with E-state index in [2.05, 4.69) is 21.5 Å². The van der Waals surface area contributed by atoms with E-state index < -0.39 is 0 Å². The molecule has 2 nitrogen and oxygen atoms in total. The fourth-order valence-corrected chi connectivity index (χ4v) is 1.04. The smallest absolute Gasteiger partial charge is 0.0575 e. The van der Waals surface area contributed by atoms with E-state index in [-0.39, 0.29) is 0 Å². The minimum absolute atomic E-state index is 0.626. The number of ether oxygens (including phenoxy) is 1. The van der Waals surface area contributed by atoms with Crippen LogP contribution in [0.15, 0.2) is 0 Å². The van der Waals surface area contributed by atoms with Crippen molar-refractivity contribution in [2.24, 2.45) is 0 Å². The molecule has 94 valence electrons. The fraction of sp³-hybridized carbons (Fsp3) is 1.00. The zero-order valence-corrected chi connectivity index (χ0v) is 12.2. The molecule has 0 amide bonds. The van der Waals surface area contributed by atoms with Crippen molar-refractivity contribution in [1.29, 1.82) is 0 Å². The Balaban J connectivity index is 0. The first-order valence-electron chi connectivity index (χ1n) is 6.31. The molecule has 15 heavy (non-hydrogen) atoms. The van der Waals surface area contributed by atoms with Crippen LogP contribution in [0.25, 0.3) is 0 Å². The van der Waals surface area contributed by atoms with Crippen LogP contribution in [0.4, 0.5) is 0 Å². The van der Waals surface area contributed by atoms with Crippen LogP contribution in [0.2, 0.25) is 0 Å². The van der Waals surface area contributed by atoms with Gasteiger partial charge in [0.05, 0.1) is 6.10 Å². The summed E-state index contributed by atoms with van der Waals surface area (Å²) in [6.07, 6.45) is 6.98. The van der Waals surface area contributed by atoms with Crippen molar-refractivity contribution in [3.63, 3.8) is 0 Å². The van der Waals surface area contributed by atoms with Crippen molar-refractivity contribution in [2.45, 2.75) is 52.6 Å². The lowest BCUT2D eigenvalue weighted by Crippen LogP contribution is -2.21. The van der Waals surface area contributed by atoms with Crippen LogP contribution < -0.4 is 5.32 Å². The van der Waals surface area contributed by atoms with Crippen LogP contribution >= 0.6 is 9.24 Å². The van der Waals surface area contributed by atoms with Crippen LogP contribution in [0.3, 0.4) is 0 Å². The third-order valence-corrected chi connectivity index (χ3v) is 2.52. The zero-order chi connectivity index (χ0) is 11.9. The maximum absolute atomic E-state index is 5.51. The molecular weight excluding hydrogens is 205 g/mol. The molecule has 0 aromatic rings. The van der Waals surface area contributed by atoms with E-state index in [4.69, 9.17) is 4.74 Å². The maximum atomic E-state index is 5.51. The van der Waals surface area contributed by atoms with E-state index in [1.807, 2.05) is 20.9 Å². The molecule has 1 unspecified atom stereocenters. The lowest BCUT2D eigenvalue weighted by molar-refractivity contribution is 0.00321. The first kappa shape index (κ1) is 17.7. The molecule has 1 fully saturated rings. The van der Waals surface area contributed by atoms with E-state index in [0.717, 1.165) is 13.2 Å². The molecule has 0 saturated heterocycles. The first-order chi connectivity index (χ1) is 7.35. The highest BCUT2D eigenvalue weighted by molar-refractivity contribution is 7.16. The summed E-state index contributed by atoms with van der Waals surface area (Å²) in [5.74, 6) is 0. The highest BCUT2D eigenvalue weighted by Gasteiger charge is 2.16. The van der Waals surface area contributed by atoms with Gasteiger partial charge in [0.2, 0.25) is 0 Å². The SMILES string of the molecule is CC.CCNC.PCCCOC1CCC1. The number of hydrogen-bond acceptors (Lipinski definition) is 2. The van der Waals surface area contributed by atoms with E-state index in [0.29, 0.717) is 6.10 Å². The predicted molar refractivity (Wildman–Crippen MR) is 73.7 cm³/mol. The number of rotatable bonds is 5. The van der Waals surface area contributed by atoms with Crippen LogP contribution in [0.5, 0.6) is 0 Å². The first-order valence-corrected chi connectivity index (χ1v) is 7.13.